The summed E-state index contributed by atoms with van der Waals surface area (Å²) >= 11 is 0. The van der Waals surface area contributed by atoms with E-state index in [1.165, 1.54) is 17.8 Å². The van der Waals surface area contributed by atoms with E-state index in [0.29, 0.717) is 6.54 Å². The third-order valence-corrected chi connectivity index (χ3v) is 6.27. The van der Waals surface area contributed by atoms with Gasteiger partial charge in [0.15, 0.2) is 6.54 Å². The Morgan fingerprint density at radius 2 is 1.57 bits per heavy atom. The molecule has 0 bridgehead atoms. The third-order valence-electron chi connectivity index (χ3n) is 6.27. The molecule has 0 fully saturated rings. The van der Waals surface area contributed by atoms with Crippen LogP contribution in [0.25, 0.3) is 11.1 Å². The molecule has 0 unspecified atom stereocenters. The van der Waals surface area contributed by atoms with Crippen molar-refractivity contribution < 1.29 is 14.4 Å². The summed E-state index contributed by atoms with van der Waals surface area (Å²) in [6.07, 6.45) is 3.31. The first kappa shape index (κ1) is 18.9. The summed E-state index contributed by atoms with van der Waals surface area (Å²) < 4.78 is 7.68. The fourth-order valence-electron chi connectivity index (χ4n) is 4.72. The van der Waals surface area contributed by atoms with Crippen molar-refractivity contribution in [3.63, 3.8) is 0 Å². The van der Waals surface area contributed by atoms with Crippen LogP contribution in [0.1, 0.15) is 24.8 Å². The van der Waals surface area contributed by atoms with Crippen LogP contribution in [0.15, 0.2) is 78.9 Å². The maximum absolute atomic E-state index is 12.0. The zero-order chi connectivity index (χ0) is 20.6. The van der Waals surface area contributed by atoms with Crippen LogP contribution in [0, 0.1) is 0 Å². The van der Waals surface area contributed by atoms with Crippen LogP contribution in [0.4, 0.5) is 5.69 Å². The highest BCUT2D eigenvalue weighted by molar-refractivity contribution is 5.97. The fraction of sp³-hybridized carbons (Fsp3) is 0.269. The molecule has 30 heavy (non-hydrogen) atoms. The number of rotatable bonds is 4. The molecule has 0 spiro atoms. The van der Waals surface area contributed by atoms with Gasteiger partial charge in [-0.05, 0) is 48.2 Å². The smallest absolute Gasteiger partial charge is 0.275 e. The van der Waals surface area contributed by atoms with Crippen molar-refractivity contribution in [1.82, 2.24) is 0 Å². The molecule has 4 heteroatoms. The molecule has 2 aliphatic heterocycles. The van der Waals surface area contributed by atoms with E-state index in [0.717, 1.165) is 42.0 Å². The summed E-state index contributed by atoms with van der Waals surface area (Å²) in [6, 6.07) is 26.7. The van der Waals surface area contributed by atoms with Gasteiger partial charge >= 0.3 is 0 Å². The van der Waals surface area contributed by atoms with Gasteiger partial charge in [0, 0.05) is 12.0 Å². The van der Waals surface area contributed by atoms with E-state index in [1.807, 2.05) is 42.5 Å². The molecule has 0 saturated heterocycles. The normalized spacial score (nSPS) is 20.9. The summed E-state index contributed by atoms with van der Waals surface area (Å²) in [4.78, 5) is 2.13. The maximum Gasteiger partial charge on any atom is 0.275 e. The van der Waals surface area contributed by atoms with Crippen molar-refractivity contribution in [3.05, 3.63) is 84.4 Å². The first-order chi connectivity index (χ1) is 14.7. The number of benzene rings is 3. The van der Waals surface area contributed by atoms with Gasteiger partial charge in [-0.3, -0.25) is 4.58 Å². The maximum atomic E-state index is 12.0. The molecule has 0 aromatic heterocycles. The van der Waals surface area contributed by atoms with Gasteiger partial charge in [-0.1, -0.05) is 54.6 Å². The molecular formula is C26H27N2O2+. The van der Waals surface area contributed by atoms with E-state index < -0.39 is 5.72 Å². The highest BCUT2D eigenvalue weighted by atomic mass is 16.5. The summed E-state index contributed by atoms with van der Waals surface area (Å²) in [5.74, 6) is 2.03. The largest absolute Gasteiger partial charge is 0.497 e. The average Bonchev–Trinajstić information content (AvgIpc) is 3.13. The van der Waals surface area contributed by atoms with Gasteiger partial charge in [-0.15, -0.1) is 0 Å². The number of hydrogen-bond acceptors (Lipinski definition) is 3. The zero-order valence-corrected chi connectivity index (χ0v) is 17.3. The molecule has 3 aromatic carbocycles. The minimum absolute atomic E-state index is 0.582. The predicted octanol–water partition coefficient (Wildman–Crippen LogP) is 4.62. The number of aliphatic hydroxyl groups is 1. The van der Waals surface area contributed by atoms with E-state index in [-0.39, 0.29) is 0 Å². The Kier molecular flexibility index (Phi) is 4.80. The Morgan fingerprint density at radius 1 is 0.867 bits per heavy atom. The first-order valence-electron chi connectivity index (χ1n) is 10.6. The van der Waals surface area contributed by atoms with Crippen molar-refractivity contribution in [2.75, 3.05) is 25.1 Å². The molecule has 4 nitrogen and oxygen atoms in total. The molecule has 0 aliphatic carbocycles. The third kappa shape index (κ3) is 3.17. The highest BCUT2D eigenvalue weighted by Crippen LogP contribution is 2.39. The lowest BCUT2D eigenvalue weighted by Gasteiger charge is -2.29. The molecule has 152 valence electrons. The van der Waals surface area contributed by atoms with Crippen LogP contribution in [0.2, 0.25) is 0 Å². The quantitative estimate of drug-likeness (QED) is 0.650. The number of amidine groups is 1. The summed E-state index contributed by atoms with van der Waals surface area (Å²) in [5, 5.41) is 12.0. The molecule has 0 amide bonds. The van der Waals surface area contributed by atoms with Gasteiger partial charge in [0.2, 0.25) is 0 Å². The van der Waals surface area contributed by atoms with Crippen LogP contribution >= 0.6 is 0 Å². The number of anilines is 1. The fourth-order valence-corrected chi connectivity index (χ4v) is 4.72. The molecule has 1 N–H and O–H groups in total. The van der Waals surface area contributed by atoms with Crippen LogP contribution in [-0.4, -0.2) is 35.7 Å². The number of hydrogen-bond donors (Lipinski definition) is 1. The standard InChI is InChI=1S/C26H27N2O2/c1-30-24-16-14-23(15-17-24)28-25-9-5-6-18-27(25)19-26(28,29)22-12-10-21(11-13-22)20-7-3-2-4-8-20/h2-4,7-8,10-17,29H,5-6,9,18-19H2,1H3/q+1/t26-/m1/s1. The lowest BCUT2D eigenvalue weighted by molar-refractivity contribution is -0.538. The molecule has 3 aromatic rings. The molecule has 2 aliphatic rings. The van der Waals surface area contributed by atoms with E-state index in [9.17, 15) is 5.11 Å². The van der Waals surface area contributed by atoms with Gasteiger partial charge in [-0.2, -0.15) is 4.90 Å². The molecule has 1 atom stereocenters. The van der Waals surface area contributed by atoms with Crippen LogP contribution in [0.3, 0.4) is 0 Å². The minimum Gasteiger partial charge on any atom is -0.497 e. The van der Waals surface area contributed by atoms with Crippen molar-refractivity contribution in [3.8, 4) is 16.9 Å². The summed E-state index contributed by atoms with van der Waals surface area (Å²) in [5.41, 5.74) is 3.15. The van der Waals surface area contributed by atoms with Gasteiger partial charge in [0.25, 0.3) is 11.6 Å². The second kappa shape index (κ2) is 7.62. The minimum atomic E-state index is -1.09. The second-order valence-electron chi connectivity index (χ2n) is 8.09. The average molecular weight is 400 g/mol. The Bertz CT molecular complexity index is 1060. The van der Waals surface area contributed by atoms with Crippen molar-refractivity contribution >= 4 is 11.5 Å². The first-order valence-corrected chi connectivity index (χ1v) is 10.6. The van der Waals surface area contributed by atoms with Gasteiger partial charge in [-0.25, -0.2) is 0 Å². The Balaban J connectivity index is 1.55. The van der Waals surface area contributed by atoms with Gasteiger partial charge < -0.3 is 9.84 Å². The Morgan fingerprint density at radius 3 is 2.27 bits per heavy atom. The molecule has 0 saturated carbocycles. The topological polar surface area (TPSA) is 35.7 Å². The molecular weight excluding hydrogens is 372 g/mol. The monoisotopic (exact) mass is 399 g/mol. The highest BCUT2D eigenvalue weighted by Gasteiger charge is 2.54. The lowest BCUT2D eigenvalue weighted by Crippen LogP contribution is -2.47. The zero-order valence-electron chi connectivity index (χ0n) is 17.3. The molecule has 0 radical (unpaired) electrons. The van der Waals surface area contributed by atoms with E-state index in [1.54, 1.807) is 7.11 Å². The number of methoxy groups -OCH3 is 1. The van der Waals surface area contributed by atoms with Gasteiger partial charge in [0.05, 0.1) is 13.7 Å². The van der Waals surface area contributed by atoms with E-state index in [2.05, 4.69) is 45.9 Å². The van der Waals surface area contributed by atoms with Crippen molar-refractivity contribution in [2.24, 2.45) is 0 Å². The SMILES string of the molecule is COc1ccc(N2C3=[N+](CCCC3)C[C@@]2(O)c2ccc(-c3ccccc3)cc2)cc1. The number of ether oxygens (including phenoxy) is 1. The van der Waals surface area contributed by atoms with Gasteiger partial charge in [0.1, 0.15) is 11.4 Å². The van der Waals surface area contributed by atoms with Crippen LogP contribution in [0.5, 0.6) is 5.75 Å². The predicted molar refractivity (Wildman–Crippen MR) is 120 cm³/mol. The molecule has 2 heterocycles. The Labute approximate surface area is 177 Å². The summed E-state index contributed by atoms with van der Waals surface area (Å²) in [6.45, 7) is 1.57. The number of nitrogens with zero attached hydrogens (tertiary/aromatic N) is 2. The second-order valence-corrected chi connectivity index (χ2v) is 8.09. The van der Waals surface area contributed by atoms with Crippen LogP contribution in [-0.2, 0) is 5.72 Å². The van der Waals surface area contributed by atoms with Crippen molar-refractivity contribution in [1.29, 1.82) is 0 Å². The van der Waals surface area contributed by atoms with Crippen molar-refractivity contribution in [2.45, 2.75) is 25.0 Å². The summed E-state index contributed by atoms with van der Waals surface area (Å²) in [7, 11) is 1.67. The van der Waals surface area contributed by atoms with Crippen LogP contribution < -0.4 is 9.64 Å². The molecule has 5 rings (SSSR count). The van der Waals surface area contributed by atoms with E-state index in [4.69, 9.17) is 4.74 Å². The Hall–Kier alpha value is -3.11. The lowest BCUT2D eigenvalue weighted by atomic mass is 9.97. The van der Waals surface area contributed by atoms with E-state index >= 15 is 0 Å².